The number of carbonyl (C=O) groups excluding carboxylic acids is 2. The molecule has 1 rings (SSSR count). The number of ether oxygens (including phenoxy) is 1. The lowest BCUT2D eigenvalue weighted by atomic mass is 10.2. The topological polar surface area (TPSA) is 55.4 Å². The van der Waals surface area contributed by atoms with Gasteiger partial charge in [-0.3, -0.25) is 9.59 Å². The van der Waals surface area contributed by atoms with Crippen LogP contribution in [-0.4, -0.2) is 24.2 Å². The number of benzene rings is 1. The van der Waals surface area contributed by atoms with E-state index in [9.17, 15) is 14.0 Å². The Morgan fingerprint density at radius 3 is 2.62 bits per heavy atom. The van der Waals surface area contributed by atoms with Crippen LogP contribution in [0, 0.1) is 5.82 Å². The van der Waals surface area contributed by atoms with E-state index in [0.29, 0.717) is 17.7 Å². The third-order valence-electron chi connectivity index (χ3n) is 3.34. The molecule has 0 heterocycles. The number of halogens is 2. The van der Waals surface area contributed by atoms with Crippen LogP contribution in [-0.2, 0) is 14.3 Å². The maximum absolute atomic E-state index is 14.0. The fourth-order valence-electron chi connectivity index (χ4n) is 2.04. The lowest BCUT2D eigenvalue weighted by Crippen LogP contribution is -2.18. The number of nitrogens with one attached hydrogen (secondary N) is 1. The molecule has 134 valence electrons. The summed E-state index contributed by atoms with van der Waals surface area (Å²) < 4.78 is 18.8. The first-order valence-corrected chi connectivity index (χ1v) is 9.22. The van der Waals surface area contributed by atoms with Crippen molar-refractivity contribution >= 4 is 40.9 Å². The van der Waals surface area contributed by atoms with Crippen LogP contribution in [0.4, 0.5) is 10.1 Å². The lowest BCUT2D eigenvalue weighted by molar-refractivity contribution is -0.140. The van der Waals surface area contributed by atoms with Crippen LogP contribution in [0.5, 0.6) is 0 Å². The van der Waals surface area contributed by atoms with Crippen LogP contribution >= 0.6 is 23.4 Å². The van der Waals surface area contributed by atoms with Crippen molar-refractivity contribution in [3.05, 3.63) is 23.0 Å². The first kappa shape index (κ1) is 20.8. The number of anilines is 1. The van der Waals surface area contributed by atoms with E-state index in [2.05, 4.69) is 5.32 Å². The van der Waals surface area contributed by atoms with Gasteiger partial charge in [-0.1, -0.05) is 38.3 Å². The molecule has 7 heteroatoms. The van der Waals surface area contributed by atoms with E-state index >= 15 is 0 Å². The van der Waals surface area contributed by atoms with E-state index in [1.807, 2.05) is 13.8 Å². The molecule has 0 radical (unpaired) electrons. The maximum Gasteiger partial charge on any atom is 0.319 e. The van der Waals surface area contributed by atoms with E-state index in [1.54, 1.807) is 0 Å². The Morgan fingerprint density at radius 2 is 2.04 bits per heavy atom. The minimum atomic E-state index is -0.598. The highest BCUT2D eigenvalue weighted by Gasteiger charge is 2.22. The summed E-state index contributed by atoms with van der Waals surface area (Å²) in [7, 11) is 1.33. The smallest absolute Gasteiger partial charge is 0.319 e. The van der Waals surface area contributed by atoms with E-state index in [1.165, 1.54) is 24.9 Å². The number of hydrogen-bond donors (Lipinski definition) is 1. The van der Waals surface area contributed by atoms with Crippen molar-refractivity contribution in [2.24, 2.45) is 0 Å². The standard InChI is InChI=1S/C17H23ClFNO3S/c1-4-6-8-16(21)20-13-10-15(11(18)9-12(13)19)24-14(7-5-2)17(22)23-3/h9-10,14H,4-8H2,1-3H3,(H,20,21). The van der Waals surface area contributed by atoms with Crippen molar-refractivity contribution < 1.29 is 18.7 Å². The Balaban J connectivity index is 2.96. The van der Waals surface area contributed by atoms with E-state index < -0.39 is 11.1 Å². The Morgan fingerprint density at radius 1 is 1.33 bits per heavy atom. The summed E-state index contributed by atoms with van der Waals surface area (Å²) in [5, 5.41) is 2.34. The molecular formula is C17H23ClFNO3S. The monoisotopic (exact) mass is 375 g/mol. The SMILES string of the molecule is CCCCC(=O)Nc1cc(SC(CCC)C(=O)OC)c(Cl)cc1F. The molecule has 1 aromatic rings. The molecule has 1 unspecified atom stereocenters. The van der Waals surface area contributed by atoms with Gasteiger partial charge in [0.05, 0.1) is 17.8 Å². The molecular weight excluding hydrogens is 353 g/mol. The number of amides is 1. The summed E-state index contributed by atoms with van der Waals surface area (Å²) in [4.78, 5) is 24.2. The number of thioether (sulfide) groups is 1. The largest absolute Gasteiger partial charge is 0.468 e. The molecule has 1 aromatic carbocycles. The molecule has 1 N–H and O–H groups in total. The zero-order valence-corrected chi connectivity index (χ0v) is 15.7. The summed E-state index contributed by atoms with van der Waals surface area (Å²) in [6, 6.07) is 2.62. The van der Waals surface area contributed by atoms with Crippen molar-refractivity contribution in [1.29, 1.82) is 0 Å². The quantitative estimate of drug-likeness (QED) is 0.485. The second-order valence-electron chi connectivity index (χ2n) is 5.33. The van der Waals surface area contributed by atoms with Gasteiger partial charge >= 0.3 is 5.97 Å². The zero-order valence-electron chi connectivity index (χ0n) is 14.2. The van der Waals surface area contributed by atoms with Crippen molar-refractivity contribution in [3.8, 4) is 0 Å². The Kier molecular flexibility index (Phi) is 9.14. The summed E-state index contributed by atoms with van der Waals surface area (Å²) in [5.41, 5.74) is 0.0723. The predicted molar refractivity (Wildman–Crippen MR) is 96.1 cm³/mol. The number of hydrogen-bond acceptors (Lipinski definition) is 4. The summed E-state index contributed by atoms with van der Waals surface area (Å²) in [6.45, 7) is 3.94. The van der Waals surface area contributed by atoms with Gasteiger partial charge in [0.1, 0.15) is 11.1 Å². The molecule has 0 aliphatic carbocycles. The second-order valence-corrected chi connectivity index (χ2v) is 6.98. The van der Waals surface area contributed by atoms with Crippen molar-refractivity contribution in [2.75, 3.05) is 12.4 Å². The highest BCUT2D eigenvalue weighted by atomic mass is 35.5. The van der Waals surface area contributed by atoms with Gasteiger partial charge < -0.3 is 10.1 Å². The van der Waals surface area contributed by atoms with Crippen molar-refractivity contribution in [1.82, 2.24) is 0 Å². The Hall–Kier alpha value is -1.27. The van der Waals surface area contributed by atoms with Crippen LogP contribution < -0.4 is 5.32 Å². The number of methoxy groups -OCH3 is 1. The van der Waals surface area contributed by atoms with Gasteiger partial charge in [0.25, 0.3) is 0 Å². The van der Waals surface area contributed by atoms with Crippen molar-refractivity contribution in [2.45, 2.75) is 56.1 Å². The zero-order chi connectivity index (χ0) is 18.1. The fraction of sp³-hybridized carbons (Fsp3) is 0.529. The van der Waals surface area contributed by atoms with Gasteiger partial charge in [-0.05, 0) is 25.0 Å². The Bertz CT molecular complexity index is 583. The summed E-state index contributed by atoms with van der Waals surface area (Å²) >= 11 is 7.30. The Labute approximate surface area is 151 Å². The average Bonchev–Trinajstić information content (AvgIpc) is 2.55. The van der Waals surface area contributed by atoms with Gasteiger partial charge in [0, 0.05) is 11.3 Å². The lowest BCUT2D eigenvalue weighted by Gasteiger charge is -2.15. The van der Waals surface area contributed by atoms with Crippen LogP contribution in [0.15, 0.2) is 17.0 Å². The summed E-state index contributed by atoms with van der Waals surface area (Å²) in [5.74, 6) is -1.19. The number of esters is 1. The molecule has 0 aromatic heterocycles. The molecule has 0 saturated carbocycles. The number of carbonyl (C=O) groups is 2. The highest BCUT2D eigenvalue weighted by Crippen LogP contribution is 2.36. The molecule has 0 aliphatic rings. The first-order chi connectivity index (χ1) is 11.4. The van der Waals surface area contributed by atoms with E-state index in [0.717, 1.165) is 25.3 Å². The number of rotatable bonds is 9. The van der Waals surface area contributed by atoms with Gasteiger partial charge in [0.15, 0.2) is 0 Å². The molecule has 0 aliphatic heterocycles. The third kappa shape index (κ3) is 6.32. The fourth-order valence-corrected chi connectivity index (χ4v) is 3.53. The summed E-state index contributed by atoms with van der Waals surface area (Å²) in [6.07, 6.45) is 3.37. The van der Waals surface area contributed by atoms with Crippen LogP contribution in [0.25, 0.3) is 0 Å². The molecule has 4 nitrogen and oxygen atoms in total. The van der Waals surface area contributed by atoms with Gasteiger partial charge in [-0.15, -0.1) is 11.8 Å². The van der Waals surface area contributed by atoms with Crippen molar-refractivity contribution in [3.63, 3.8) is 0 Å². The molecule has 1 amide bonds. The average molecular weight is 376 g/mol. The minimum absolute atomic E-state index is 0.0723. The molecule has 24 heavy (non-hydrogen) atoms. The maximum atomic E-state index is 14.0. The molecule has 0 spiro atoms. The third-order valence-corrected chi connectivity index (χ3v) is 5.07. The van der Waals surface area contributed by atoms with Crippen LogP contribution in [0.3, 0.4) is 0 Å². The van der Waals surface area contributed by atoms with E-state index in [-0.39, 0.29) is 22.6 Å². The predicted octanol–water partition coefficient (Wildman–Crippen LogP) is 5.04. The highest BCUT2D eigenvalue weighted by molar-refractivity contribution is 8.00. The molecule has 0 fully saturated rings. The molecule has 0 saturated heterocycles. The van der Waals surface area contributed by atoms with Gasteiger partial charge in [0.2, 0.25) is 5.91 Å². The van der Waals surface area contributed by atoms with Gasteiger partial charge in [-0.2, -0.15) is 0 Å². The molecule has 1 atom stereocenters. The second kappa shape index (κ2) is 10.6. The van der Waals surface area contributed by atoms with Gasteiger partial charge in [-0.25, -0.2) is 4.39 Å². The minimum Gasteiger partial charge on any atom is -0.468 e. The molecule has 0 bridgehead atoms. The first-order valence-electron chi connectivity index (χ1n) is 7.96. The van der Waals surface area contributed by atoms with Crippen LogP contribution in [0.1, 0.15) is 46.0 Å². The van der Waals surface area contributed by atoms with E-state index in [4.69, 9.17) is 16.3 Å². The normalized spacial score (nSPS) is 11.9. The van der Waals surface area contributed by atoms with Crippen LogP contribution in [0.2, 0.25) is 5.02 Å². The number of unbranched alkanes of at least 4 members (excludes halogenated alkanes) is 1.